The lowest BCUT2D eigenvalue weighted by Crippen LogP contribution is -2.44. The minimum Gasteiger partial charge on any atom is -0.394 e. The van der Waals surface area contributed by atoms with E-state index in [1.54, 1.807) is 12.1 Å². The van der Waals surface area contributed by atoms with Crippen LogP contribution < -0.4 is 10.5 Å². The Morgan fingerprint density at radius 2 is 1.65 bits per heavy atom. The van der Waals surface area contributed by atoms with Crippen LogP contribution in [0.2, 0.25) is 10.0 Å². The largest absolute Gasteiger partial charge is 0.394 e. The summed E-state index contributed by atoms with van der Waals surface area (Å²) in [5, 5.41) is 16.6. The molecule has 4 N–H and O–H groups in total. The van der Waals surface area contributed by atoms with E-state index >= 15 is 0 Å². The summed E-state index contributed by atoms with van der Waals surface area (Å²) >= 11 is 12.0. The van der Waals surface area contributed by atoms with E-state index in [1.165, 1.54) is 29.3 Å². The minimum atomic E-state index is -4.16. The van der Waals surface area contributed by atoms with Gasteiger partial charge in [0.25, 0.3) is 10.0 Å². The van der Waals surface area contributed by atoms with Gasteiger partial charge in [0.15, 0.2) is 6.04 Å². The number of aliphatic hydroxyl groups is 1. The van der Waals surface area contributed by atoms with Gasteiger partial charge in [0, 0.05) is 16.0 Å². The normalized spacial score (nSPS) is 16.8. The first-order valence-corrected chi connectivity index (χ1v) is 13.3. The van der Waals surface area contributed by atoms with Crippen molar-refractivity contribution in [2.24, 2.45) is 15.8 Å². The first-order chi connectivity index (χ1) is 17.7. The van der Waals surface area contributed by atoms with Gasteiger partial charge in [-0.2, -0.15) is 5.10 Å². The number of rotatable bonds is 7. The van der Waals surface area contributed by atoms with E-state index < -0.39 is 28.6 Å². The highest BCUT2D eigenvalue weighted by molar-refractivity contribution is 7.90. The molecule has 1 aliphatic heterocycles. The molecule has 0 aliphatic carbocycles. The van der Waals surface area contributed by atoms with Crippen LogP contribution in [-0.2, 0) is 14.8 Å². The maximum Gasteiger partial charge on any atom is 0.264 e. The highest BCUT2D eigenvalue weighted by atomic mass is 35.5. The molecular weight excluding hydrogens is 537 g/mol. The molecule has 4 rings (SSSR count). The zero-order valence-electron chi connectivity index (χ0n) is 19.3. The molecule has 0 saturated heterocycles. The summed E-state index contributed by atoms with van der Waals surface area (Å²) in [5.74, 6) is -1.46. The number of carbonyl (C=O) groups is 1. The molecule has 0 bridgehead atoms. The third kappa shape index (κ3) is 6.28. The quantitative estimate of drug-likeness (QED) is 0.302. The minimum absolute atomic E-state index is 0.0788. The Labute approximate surface area is 224 Å². The Morgan fingerprint density at radius 1 is 1.05 bits per heavy atom. The SMILES string of the molecule is NC(=O)[C@@H](CO)N=C(NS(=O)(=O)c1ccc(Cl)cc1)N1C[C@@H](c2ccccc2)C(c2ccc(Cl)cc2)=N1. The average Bonchev–Trinajstić information content (AvgIpc) is 3.33. The van der Waals surface area contributed by atoms with Gasteiger partial charge in [-0.05, 0) is 47.5 Å². The van der Waals surface area contributed by atoms with E-state index in [9.17, 15) is 18.3 Å². The average molecular weight is 560 g/mol. The monoisotopic (exact) mass is 559 g/mol. The summed E-state index contributed by atoms with van der Waals surface area (Å²) in [6, 6.07) is 20.8. The van der Waals surface area contributed by atoms with Crippen molar-refractivity contribution < 1.29 is 18.3 Å². The summed E-state index contributed by atoms with van der Waals surface area (Å²) in [5.41, 5.74) is 7.72. The summed E-state index contributed by atoms with van der Waals surface area (Å²) in [6.07, 6.45) is 0. The van der Waals surface area contributed by atoms with Crippen molar-refractivity contribution >= 4 is 50.8 Å². The third-order valence-corrected chi connectivity index (χ3v) is 7.48. The highest BCUT2D eigenvalue weighted by Crippen LogP contribution is 2.30. The lowest BCUT2D eigenvalue weighted by molar-refractivity contribution is -0.119. The van der Waals surface area contributed by atoms with Crippen molar-refractivity contribution in [2.45, 2.75) is 16.9 Å². The Hall–Kier alpha value is -3.44. The number of guanidine groups is 1. The van der Waals surface area contributed by atoms with Crippen molar-refractivity contribution in [3.63, 3.8) is 0 Å². The van der Waals surface area contributed by atoms with Crippen molar-refractivity contribution in [3.05, 3.63) is 100 Å². The highest BCUT2D eigenvalue weighted by Gasteiger charge is 2.34. The van der Waals surface area contributed by atoms with Gasteiger partial charge in [0.1, 0.15) is 0 Å². The molecule has 2 atom stereocenters. The standard InChI is InChI=1S/C25H23Cl2N5O4S/c26-18-8-6-17(7-9-18)23-21(16-4-2-1-3-5-16)14-32(30-23)25(29-22(15-33)24(28)34)31-37(35,36)20-12-10-19(27)11-13-20/h1-13,21-22,33H,14-15H2,(H2,28,34)(H,29,31)/t21-,22+/m0/s1. The van der Waals surface area contributed by atoms with E-state index in [0.717, 1.165) is 11.1 Å². The van der Waals surface area contributed by atoms with Gasteiger partial charge in [-0.25, -0.2) is 23.1 Å². The fourth-order valence-electron chi connectivity index (χ4n) is 3.74. The number of benzene rings is 3. The number of carbonyl (C=O) groups excluding carboxylic acids is 1. The smallest absolute Gasteiger partial charge is 0.264 e. The topological polar surface area (TPSA) is 137 Å². The van der Waals surface area contributed by atoms with Gasteiger partial charge < -0.3 is 10.8 Å². The molecule has 1 heterocycles. The van der Waals surface area contributed by atoms with Crippen molar-refractivity contribution in [2.75, 3.05) is 13.2 Å². The number of hydrogen-bond donors (Lipinski definition) is 3. The van der Waals surface area contributed by atoms with Crippen LogP contribution in [0.4, 0.5) is 0 Å². The second kappa shape index (κ2) is 11.3. The molecule has 12 heteroatoms. The van der Waals surface area contributed by atoms with Gasteiger partial charge in [0.05, 0.1) is 23.8 Å². The van der Waals surface area contributed by atoms with Crippen molar-refractivity contribution in [1.82, 2.24) is 9.73 Å². The third-order valence-electron chi connectivity index (χ3n) is 5.63. The molecule has 0 radical (unpaired) electrons. The Balaban J connectivity index is 1.78. The number of halogens is 2. The maximum absolute atomic E-state index is 13.2. The van der Waals surface area contributed by atoms with Crippen LogP contribution >= 0.6 is 23.2 Å². The van der Waals surface area contributed by atoms with Crippen LogP contribution in [0.5, 0.6) is 0 Å². The van der Waals surface area contributed by atoms with E-state index in [0.29, 0.717) is 15.8 Å². The number of sulfonamides is 1. The van der Waals surface area contributed by atoms with Crippen LogP contribution in [0.25, 0.3) is 0 Å². The zero-order valence-corrected chi connectivity index (χ0v) is 21.7. The lowest BCUT2D eigenvalue weighted by Gasteiger charge is -2.21. The number of hydrogen-bond acceptors (Lipinski definition) is 6. The van der Waals surface area contributed by atoms with Crippen LogP contribution in [0, 0.1) is 0 Å². The second-order valence-electron chi connectivity index (χ2n) is 8.15. The predicted molar refractivity (Wildman–Crippen MR) is 143 cm³/mol. The molecule has 0 saturated carbocycles. The number of hydrazone groups is 1. The van der Waals surface area contributed by atoms with Gasteiger partial charge in [-0.15, -0.1) is 0 Å². The Bertz CT molecular complexity index is 1430. The summed E-state index contributed by atoms with van der Waals surface area (Å²) in [6.45, 7) is -0.522. The molecule has 0 unspecified atom stereocenters. The molecule has 0 spiro atoms. The fourth-order valence-corrected chi connectivity index (χ4v) is 5.01. The zero-order chi connectivity index (χ0) is 26.6. The van der Waals surface area contributed by atoms with E-state index in [4.69, 9.17) is 28.9 Å². The second-order valence-corrected chi connectivity index (χ2v) is 10.7. The molecule has 37 heavy (non-hydrogen) atoms. The fraction of sp³-hybridized carbons (Fsp3) is 0.160. The van der Waals surface area contributed by atoms with Gasteiger partial charge in [-0.3, -0.25) is 4.79 Å². The number of aliphatic imine (C=N–C) groups is 1. The summed E-state index contributed by atoms with van der Waals surface area (Å²) < 4.78 is 28.8. The first-order valence-electron chi connectivity index (χ1n) is 11.1. The molecule has 9 nitrogen and oxygen atoms in total. The van der Waals surface area contributed by atoms with Gasteiger partial charge >= 0.3 is 0 Å². The molecule has 3 aromatic rings. The van der Waals surface area contributed by atoms with Gasteiger partial charge in [-0.1, -0.05) is 65.7 Å². The molecule has 3 aromatic carbocycles. The maximum atomic E-state index is 13.2. The van der Waals surface area contributed by atoms with E-state index in [1.807, 2.05) is 42.5 Å². The van der Waals surface area contributed by atoms with E-state index in [2.05, 4.69) is 14.8 Å². The van der Waals surface area contributed by atoms with E-state index in [-0.39, 0.29) is 23.3 Å². The van der Waals surface area contributed by atoms with Crippen LogP contribution in [0.3, 0.4) is 0 Å². The molecular formula is C25H23Cl2N5O4S. The molecule has 192 valence electrons. The summed E-state index contributed by atoms with van der Waals surface area (Å²) in [4.78, 5) is 15.9. The molecule has 1 aliphatic rings. The number of nitrogens with zero attached hydrogens (tertiary/aromatic N) is 3. The number of aliphatic hydroxyl groups excluding tert-OH is 1. The predicted octanol–water partition coefficient (Wildman–Crippen LogP) is 2.98. The lowest BCUT2D eigenvalue weighted by atomic mass is 9.91. The molecule has 0 aromatic heterocycles. The van der Waals surface area contributed by atoms with Crippen molar-refractivity contribution in [1.29, 1.82) is 0 Å². The van der Waals surface area contributed by atoms with Gasteiger partial charge in [0.2, 0.25) is 11.9 Å². The van der Waals surface area contributed by atoms with Crippen molar-refractivity contribution in [3.8, 4) is 0 Å². The molecule has 1 amide bonds. The first kappa shape index (κ1) is 26.6. The number of nitrogens with one attached hydrogen (secondary N) is 1. The van der Waals surface area contributed by atoms with Crippen LogP contribution in [0.15, 0.2) is 93.9 Å². The van der Waals surface area contributed by atoms with Crippen LogP contribution in [-0.4, -0.2) is 55.3 Å². The molecule has 0 fully saturated rings. The Morgan fingerprint density at radius 3 is 2.22 bits per heavy atom. The summed E-state index contributed by atoms with van der Waals surface area (Å²) in [7, 11) is -4.16. The number of nitrogens with two attached hydrogens (primary N) is 1. The number of amides is 1. The van der Waals surface area contributed by atoms with Crippen LogP contribution in [0.1, 0.15) is 17.0 Å². The Kier molecular flexibility index (Phi) is 8.13. The number of primary amides is 1.